The smallest absolute Gasteiger partial charge is 0.195 e. The first kappa shape index (κ1) is 11.8. The molecule has 0 saturated carbocycles. The summed E-state index contributed by atoms with van der Waals surface area (Å²) in [6.45, 7) is 1.81. The van der Waals surface area contributed by atoms with Crippen molar-refractivity contribution in [2.24, 2.45) is 0 Å². The summed E-state index contributed by atoms with van der Waals surface area (Å²) in [5.74, 6) is 1.89. The molecule has 4 heteroatoms. The Morgan fingerprint density at radius 3 is 3.11 bits per heavy atom. The third-order valence-electron chi connectivity index (χ3n) is 3.16. The highest BCUT2D eigenvalue weighted by Gasteiger charge is 2.16. The summed E-state index contributed by atoms with van der Waals surface area (Å²) >= 11 is 5.96. The van der Waals surface area contributed by atoms with Crippen molar-refractivity contribution in [3.8, 4) is 0 Å². The first-order valence-electron chi connectivity index (χ1n) is 6.24. The van der Waals surface area contributed by atoms with E-state index in [1.165, 1.54) is 5.56 Å². The van der Waals surface area contributed by atoms with E-state index in [0.29, 0.717) is 0 Å². The maximum absolute atomic E-state index is 5.96. The number of hydrogen-bond acceptors (Lipinski definition) is 3. The fourth-order valence-electron chi connectivity index (χ4n) is 2.23. The van der Waals surface area contributed by atoms with Crippen molar-refractivity contribution < 1.29 is 4.42 Å². The number of hydrogen-bond donors (Lipinski definition) is 1. The van der Waals surface area contributed by atoms with Crippen LogP contribution >= 0.6 is 11.6 Å². The Balaban J connectivity index is 1.68. The lowest BCUT2D eigenvalue weighted by Crippen LogP contribution is -2.22. The van der Waals surface area contributed by atoms with Gasteiger partial charge >= 0.3 is 0 Å². The second-order valence-corrected chi connectivity index (χ2v) is 4.97. The van der Waals surface area contributed by atoms with Crippen LogP contribution in [0, 0.1) is 0 Å². The van der Waals surface area contributed by atoms with Gasteiger partial charge in [0.15, 0.2) is 5.89 Å². The molecule has 94 valence electrons. The fraction of sp³-hybridized carbons (Fsp3) is 0.357. The first-order valence-corrected chi connectivity index (χ1v) is 6.62. The minimum Gasteiger partial charge on any atom is -0.445 e. The van der Waals surface area contributed by atoms with Crippen molar-refractivity contribution in [3.05, 3.63) is 52.2 Å². The van der Waals surface area contributed by atoms with Gasteiger partial charge in [-0.2, -0.15) is 0 Å². The summed E-state index contributed by atoms with van der Waals surface area (Å²) in [7, 11) is 0. The van der Waals surface area contributed by atoms with E-state index in [9.17, 15) is 0 Å². The minimum atomic E-state index is 0.781. The molecule has 0 saturated heterocycles. The molecule has 1 aromatic carbocycles. The number of aromatic nitrogens is 1. The van der Waals surface area contributed by atoms with Crippen LogP contribution in [0.2, 0.25) is 5.02 Å². The van der Waals surface area contributed by atoms with Gasteiger partial charge in [-0.3, -0.25) is 0 Å². The number of halogens is 1. The minimum absolute atomic E-state index is 0.781. The number of nitrogens with one attached hydrogen (secondary N) is 1. The van der Waals surface area contributed by atoms with E-state index in [0.717, 1.165) is 54.7 Å². The Morgan fingerprint density at radius 1 is 1.33 bits per heavy atom. The third-order valence-corrected chi connectivity index (χ3v) is 3.40. The molecular weight excluding hydrogens is 248 g/mol. The third kappa shape index (κ3) is 2.57. The lowest BCUT2D eigenvalue weighted by Gasteiger charge is -2.08. The van der Waals surface area contributed by atoms with E-state index in [1.54, 1.807) is 0 Å². The number of benzene rings is 1. The second kappa shape index (κ2) is 5.12. The van der Waals surface area contributed by atoms with E-state index in [2.05, 4.69) is 16.4 Å². The molecule has 0 bridgehead atoms. The van der Waals surface area contributed by atoms with Crippen molar-refractivity contribution in [2.75, 3.05) is 6.54 Å². The maximum atomic E-state index is 5.96. The number of oxazole rings is 1. The molecule has 2 heterocycles. The van der Waals surface area contributed by atoms with Crippen LogP contribution in [0.25, 0.3) is 0 Å². The van der Waals surface area contributed by atoms with Crippen LogP contribution < -0.4 is 5.32 Å². The van der Waals surface area contributed by atoms with E-state index in [4.69, 9.17) is 16.0 Å². The maximum Gasteiger partial charge on any atom is 0.195 e. The van der Waals surface area contributed by atoms with Gasteiger partial charge in [0.25, 0.3) is 0 Å². The van der Waals surface area contributed by atoms with Gasteiger partial charge in [-0.15, -0.1) is 0 Å². The van der Waals surface area contributed by atoms with Crippen molar-refractivity contribution in [2.45, 2.75) is 25.8 Å². The van der Waals surface area contributed by atoms with Crippen LogP contribution in [-0.4, -0.2) is 11.5 Å². The predicted molar refractivity (Wildman–Crippen MR) is 70.8 cm³/mol. The van der Waals surface area contributed by atoms with Crippen LogP contribution in [0.1, 0.15) is 22.9 Å². The lowest BCUT2D eigenvalue weighted by molar-refractivity contribution is 0.438. The molecule has 2 aromatic rings. The summed E-state index contributed by atoms with van der Waals surface area (Å²) in [5, 5.41) is 4.08. The zero-order chi connectivity index (χ0) is 12.4. The van der Waals surface area contributed by atoms with Crippen LogP contribution in [0.15, 0.2) is 28.7 Å². The molecule has 0 radical (unpaired) electrons. The summed E-state index contributed by atoms with van der Waals surface area (Å²) < 4.78 is 5.77. The summed E-state index contributed by atoms with van der Waals surface area (Å²) in [6.07, 6.45) is 2.68. The zero-order valence-corrected chi connectivity index (χ0v) is 10.8. The molecule has 18 heavy (non-hydrogen) atoms. The van der Waals surface area contributed by atoms with Gasteiger partial charge in [0, 0.05) is 31.0 Å². The molecule has 0 amide bonds. The van der Waals surface area contributed by atoms with Crippen LogP contribution in [-0.2, 0) is 25.8 Å². The Bertz CT molecular complexity index is 527. The van der Waals surface area contributed by atoms with Crippen molar-refractivity contribution in [1.82, 2.24) is 10.3 Å². The highest BCUT2D eigenvalue weighted by Crippen LogP contribution is 2.17. The number of aryl methyl sites for hydroxylation is 2. The molecule has 0 aliphatic carbocycles. The van der Waals surface area contributed by atoms with Crippen molar-refractivity contribution >= 4 is 11.6 Å². The molecule has 1 N–H and O–H groups in total. The Labute approximate surface area is 111 Å². The van der Waals surface area contributed by atoms with Gasteiger partial charge in [-0.1, -0.05) is 23.7 Å². The average molecular weight is 263 g/mol. The summed E-state index contributed by atoms with van der Waals surface area (Å²) in [4.78, 5) is 4.53. The van der Waals surface area contributed by atoms with Crippen molar-refractivity contribution in [3.63, 3.8) is 0 Å². The molecule has 0 atom stereocenters. The Kier molecular flexibility index (Phi) is 3.35. The molecule has 3 nitrogen and oxygen atoms in total. The van der Waals surface area contributed by atoms with Gasteiger partial charge in [-0.25, -0.2) is 4.98 Å². The fourth-order valence-corrected chi connectivity index (χ4v) is 2.44. The van der Waals surface area contributed by atoms with Crippen LogP contribution in [0.4, 0.5) is 0 Å². The Hall–Kier alpha value is -1.32. The SMILES string of the molecule is Clc1cccc(CCc2nc3c(o2)CCNC3)c1. The highest BCUT2D eigenvalue weighted by molar-refractivity contribution is 6.30. The molecule has 0 spiro atoms. The van der Waals surface area contributed by atoms with E-state index in [1.807, 2.05) is 18.2 Å². The van der Waals surface area contributed by atoms with E-state index >= 15 is 0 Å². The largest absolute Gasteiger partial charge is 0.445 e. The zero-order valence-electron chi connectivity index (χ0n) is 10.1. The molecule has 1 aliphatic heterocycles. The highest BCUT2D eigenvalue weighted by atomic mass is 35.5. The van der Waals surface area contributed by atoms with Crippen molar-refractivity contribution in [1.29, 1.82) is 0 Å². The molecule has 0 unspecified atom stereocenters. The normalized spacial score (nSPS) is 14.5. The van der Waals surface area contributed by atoms with E-state index < -0.39 is 0 Å². The molecule has 1 aromatic heterocycles. The van der Waals surface area contributed by atoms with Gasteiger partial charge < -0.3 is 9.73 Å². The van der Waals surface area contributed by atoms with Gasteiger partial charge in [0.2, 0.25) is 0 Å². The molecule has 1 aliphatic rings. The quantitative estimate of drug-likeness (QED) is 0.924. The number of nitrogens with zero attached hydrogens (tertiary/aromatic N) is 1. The van der Waals surface area contributed by atoms with E-state index in [-0.39, 0.29) is 0 Å². The first-order chi connectivity index (χ1) is 8.81. The topological polar surface area (TPSA) is 38.1 Å². The van der Waals surface area contributed by atoms with Gasteiger partial charge in [0.05, 0.1) is 5.69 Å². The predicted octanol–water partition coefficient (Wildman–Crippen LogP) is 2.76. The summed E-state index contributed by atoms with van der Waals surface area (Å²) in [6, 6.07) is 7.94. The van der Waals surface area contributed by atoms with Gasteiger partial charge in [0.1, 0.15) is 5.76 Å². The van der Waals surface area contributed by atoms with Crippen LogP contribution in [0.3, 0.4) is 0 Å². The standard InChI is InChI=1S/C14H15ClN2O/c15-11-3-1-2-10(8-11)4-5-14-17-12-9-16-7-6-13(12)18-14/h1-3,8,16H,4-7,9H2. The number of fused-ring (bicyclic) bond motifs is 1. The molecule has 3 rings (SSSR count). The van der Waals surface area contributed by atoms with Crippen LogP contribution in [0.5, 0.6) is 0 Å². The molecule has 0 fully saturated rings. The summed E-state index contributed by atoms with van der Waals surface area (Å²) in [5.41, 5.74) is 2.29. The second-order valence-electron chi connectivity index (χ2n) is 4.53. The van der Waals surface area contributed by atoms with Gasteiger partial charge in [-0.05, 0) is 24.1 Å². The number of rotatable bonds is 3. The molecular formula is C14H15ClN2O. The Morgan fingerprint density at radius 2 is 2.28 bits per heavy atom. The lowest BCUT2D eigenvalue weighted by atomic mass is 10.1. The average Bonchev–Trinajstić information content (AvgIpc) is 2.79. The monoisotopic (exact) mass is 262 g/mol.